The lowest BCUT2D eigenvalue weighted by Gasteiger charge is -2.44. The molecule has 1 aromatic heterocycles. The molecule has 1 heterocycles. The fourth-order valence-electron chi connectivity index (χ4n) is 4.02. The summed E-state index contributed by atoms with van der Waals surface area (Å²) in [5.74, 6) is 0.532. The summed E-state index contributed by atoms with van der Waals surface area (Å²) in [6.07, 6.45) is 2.79. The first kappa shape index (κ1) is 14.4. The van der Waals surface area contributed by atoms with Gasteiger partial charge in [0.05, 0.1) is 5.60 Å². The minimum atomic E-state index is -0.693. The van der Waals surface area contributed by atoms with Gasteiger partial charge in [0, 0.05) is 6.54 Å². The van der Waals surface area contributed by atoms with Gasteiger partial charge < -0.3 is 14.8 Å². The number of aromatic nitrogens is 1. The van der Waals surface area contributed by atoms with E-state index in [1.54, 1.807) is 0 Å². The second-order valence-electron chi connectivity index (χ2n) is 7.42. The molecule has 1 aliphatic carbocycles. The molecular weight excluding hydrogens is 264 g/mol. The van der Waals surface area contributed by atoms with Crippen LogP contribution in [0.25, 0.3) is 11.1 Å². The lowest BCUT2D eigenvalue weighted by Crippen LogP contribution is -2.46. The number of oxazole rings is 1. The molecule has 0 saturated heterocycles. The molecule has 21 heavy (non-hydrogen) atoms. The zero-order valence-electron chi connectivity index (χ0n) is 13.0. The molecule has 0 spiro atoms. The first-order valence-electron chi connectivity index (χ1n) is 7.67. The zero-order valence-corrected chi connectivity index (χ0v) is 13.0. The Morgan fingerprint density at radius 3 is 2.81 bits per heavy atom. The van der Waals surface area contributed by atoms with Gasteiger partial charge in [-0.15, -0.1) is 0 Å². The van der Waals surface area contributed by atoms with Gasteiger partial charge in [-0.3, -0.25) is 0 Å². The number of hydrogen-bond acceptors (Lipinski definition) is 4. The van der Waals surface area contributed by atoms with Crippen molar-refractivity contribution in [1.29, 1.82) is 0 Å². The predicted octanol–water partition coefficient (Wildman–Crippen LogP) is 3.82. The number of fused-ring (bicyclic) bond motifs is 1. The summed E-state index contributed by atoms with van der Waals surface area (Å²) >= 11 is 0. The molecule has 2 atom stereocenters. The van der Waals surface area contributed by atoms with Crippen LogP contribution >= 0.6 is 0 Å². The second kappa shape index (κ2) is 5.02. The van der Waals surface area contributed by atoms with E-state index in [1.807, 2.05) is 24.3 Å². The van der Waals surface area contributed by atoms with E-state index in [-0.39, 0.29) is 5.41 Å². The van der Waals surface area contributed by atoms with E-state index in [9.17, 15) is 5.11 Å². The summed E-state index contributed by atoms with van der Waals surface area (Å²) in [6.45, 7) is 7.15. The highest BCUT2D eigenvalue weighted by molar-refractivity contribution is 5.74. The Morgan fingerprint density at radius 1 is 1.33 bits per heavy atom. The van der Waals surface area contributed by atoms with Gasteiger partial charge in [-0.2, -0.15) is 4.98 Å². The van der Waals surface area contributed by atoms with Crippen LogP contribution in [0, 0.1) is 11.3 Å². The number of para-hydroxylation sites is 2. The Hall–Kier alpha value is -1.55. The van der Waals surface area contributed by atoms with Crippen molar-refractivity contribution in [2.24, 2.45) is 11.3 Å². The van der Waals surface area contributed by atoms with Crippen LogP contribution in [0.5, 0.6) is 0 Å². The molecule has 0 amide bonds. The van der Waals surface area contributed by atoms with E-state index in [4.69, 9.17) is 4.42 Å². The minimum absolute atomic E-state index is 0.176. The smallest absolute Gasteiger partial charge is 0.295 e. The maximum Gasteiger partial charge on any atom is 0.295 e. The summed E-state index contributed by atoms with van der Waals surface area (Å²) < 4.78 is 5.65. The molecule has 1 saturated carbocycles. The summed E-state index contributed by atoms with van der Waals surface area (Å²) in [5.41, 5.74) is 1.09. The molecule has 0 aliphatic heterocycles. The van der Waals surface area contributed by atoms with Crippen LogP contribution in [0.4, 0.5) is 6.01 Å². The van der Waals surface area contributed by atoms with Crippen molar-refractivity contribution in [2.75, 3.05) is 11.9 Å². The van der Waals surface area contributed by atoms with E-state index >= 15 is 0 Å². The fourth-order valence-corrected chi connectivity index (χ4v) is 4.02. The number of nitrogens with one attached hydrogen (secondary N) is 1. The van der Waals surface area contributed by atoms with Gasteiger partial charge >= 0.3 is 0 Å². The maximum absolute atomic E-state index is 10.9. The Bertz CT molecular complexity index is 602. The lowest BCUT2D eigenvalue weighted by atomic mass is 9.66. The van der Waals surface area contributed by atoms with Gasteiger partial charge in [0.2, 0.25) is 0 Å². The van der Waals surface area contributed by atoms with Gasteiger partial charge in [0.25, 0.3) is 6.01 Å². The minimum Gasteiger partial charge on any atom is -0.424 e. The molecule has 4 heteroatoms. The van der Waals surface area contributed by atoms with Crippen molar-refractivity contribution in [3.05, 3.63) is 24.3 Å². The molecule has 1 aliphatic rings. The fraction of sp³-hybridized carbons (Fsp3) is 0.588. The molecule has 4 nitrogen and oxygen atoms in total. The van der Waals surface area contributed by atoms with Gasteiger partial charge in [-0.05, 0) is 42.7 Å². The molecule has 1 fully saturated rings. The van der Waals surface area contributed by atoms with Crippen molar-refractivity contribution in [3.8, 4) is 0 Å². The normalized spacial score (nSPS) is 28.7. The standard InChI is InChI=1S/C17H24N2O2/c1-12-8-16(2,3)10-17(20,9-12)11-18-15-19-13-6-4-5-7-14(13)21-15/h4-7,12,20H,8-11H2,1-3H3,(H,18,19). The average Bonchev–Trinajstić information content (AvgIpc) is 2.76. The molecule has 2 aromatic rings. The quantitative estimate of drug-likeness (QED) is 0.901. The Balaban J connectivity index is 1.71. The van der Waals surface area contributed by atoms with Gasteiger partial charge in [-0.25, -0.2) is 0 Å². The molecule has 1 aromatic carbocycles. The van der Waals surface area contributed by atoms with E-state index in [1.165, 1.54) is 0 Å². The van der Waals surface area contributed by atoms with Crippen LogP contribution in [-0.2, 0) is 0 Å². The van der Waals surface area contributed by atoms with Crippen LogP contribution in [0.3, 0.4) is 0 Å². The molecule has 3 rings (SSSR count). The zero-order chi connectivity index (χ0) is 15.1. The molecule has 0 bridgehead atoms. The largest absolute Gasteiger partial charge is 0.424 e. The van der Waals surface area contributed by atoms with Crippen molar-refractivity contribution in [2.45, 2.75) is 45.6 Å². The number of rotatable bonds is 3. The highest BCUT2D eigenvalue weighted by Crippen LogP contribution is 2.43. The van der Waals surface area contributed by atoms with Gasteiger partial charge in [0.15, 0.2) is 5.58 Å². The van der Waals surface area contributed by atoms with Crippen molar-refractivity contribution in [1.82, 2.24) is 4.98 Å². The van der Waals surface area contributed by atoms with E-state index < -0.39 is 5.60 Å². The van der Waals surface area contributed by atoms with E-state index in [0.717, 1.165) is 30.4 Å². The second-order valence-corrected chi connectivity index (χ2v) is 7.42. The van der Waals surface area contributed by atoms with E-state index in [2.05, 4.69) is 31.1 Å². The van der Waals surface area contributed by atoms with Crippen molar-refractivity contribution < 1.29 is 9.52 Å². The summed E-state index contributed by atoms with van der Waals surface area (Å²) in [7, 11) is 0. The van der Waals surface area contributed by atoms with Crippen LogP contribution in [-0.4, -0.2) is 22.2 Å². The molecular formula is C17H24N2O2. The Labute approximate surface area is 125 Å². The van der Waals surface area contributed by atoms with Gasteiger partial charge in [-0.1, -0.05) is 32.9 Å². The Morgan fingerprint density at radius 2 is 2.10 bits per heavy atom. The Kier molecular flexibility index (Phi) is 3.44. The predicted molar refractivity (Wildman–Crippen MR) is 84.2 cm³/mol. The first-order chi connectivity index (χ1) is 9.85. The number of anilines is 1. The highest BCUT2D eigenvalue weighted by Gasteiger charge is 2.41. The lowest BCUT2D eigenvalue weighted by molar-refractivity contribution is -0.0480. The van der Waals surface area contributed by atoms with Crippen molar-refractivity contribution in [3.63, 3.8) is 0 Å². The molecule has 114 valence electrons. The first-order valence-corrected chi connectivity index (χ1v) is 7.67. The summed E-state index contributed by atoms with van der Waals surface area (Å²) in [5, 5.41) is 14.1. The third-order valence-electron chi connectivity index (χ3n) is 4.30. The number of benzene rings is 1. The molecule has 2 N–H and O–H groups in total. The van der Waals surface area contributed by atoms with Crippen LogP contribution < -0.4 is 5.32 Å². The maximum atomic E-state index is 10.9. The van der Waals surface area contributed by atoms with Crippen molar-refractivity contribution >= 4 is 17.1 Å². The van der Waals surface area contributed by atoms with Crippen LogP contribution in [0.2, 0.25) is 0 Å². The van der Waals surface area contributed by atoms with E-state index in [0.29, 0.717) is 18.5 Å². The highest BCUT2D eigenvalue weighted by atomic mass is 16.4. The summed E-state index contributed by atoms with van der Waals surface area (Å²) in [6, 6.07) is 8.17. The van der Waals surface area contributed by atoms with Gasteiger partial charge in [0.1, 0.15) is 5.52 Å². The average molecular weight is 288 g/mol. The number of aliphatic hydroxyl groups is 1. The van der Waals surface area contributed by atoms with Crippen LogP contribution in [0.1, 0.15) is 40.0 Å². The number of hydrogen-bond donors (Lipinski definition) is 2. The number of nitrogens with zero attached hydrogens (tertiary/aromatic N) is 1. The SMILES string of the molecule is CC1CC(C)(C)CC(O)(CNc2nc3ccccc3o2)C1. The third kappa shape index (κ3) is 3.21. The third-order valence-corrected chi connectivity index (χ3v) is 4.30. The van der Waals surface area contributed by atoms with Crippen LogP contribution in [0.15, 0.2) is 28.7 Å². The molecule has 0 radical (unpaired) electrons. The topological polar surface area (TPSA) is 58.3 Å². The monoisotopic (exact) mass is 288 g/mol. The molecule has 2 unspecified atom stereocenters. The summed E-state index contributed by atoms with van der Waals surface area (Å²) in [4.78, 5) is 4.39.